The van der Waals surface area contributed by atoms with Crippen LogP contribution in [0.2, 0.25) is 0 Å². The lowest BCUT2D eigenvalue weighted by Crippen LogP contribution is -2.18. The summed E-state index contributed by atoms with van der Waals surface area (Å²) in [6.45, 7) is 5.03. The van der Waals surface area contributed by atoms with E-state index in [0.717, 1.165) is 5.56 Å². The standard InChI is InChI=1S/C17H21NO5/c1-4-22-7-6-11-8-12-15(14(9-11)21-3)18-10-13(16(12)19)17(20)23-5-2/h8-10H,4-7H2,1-3H3,(H,18,19). The first-order valence-electron chi connectivity index (χ1n) is 7.59. The van der Waals surface area contributed by atoms with Gasteiger partial charge in [-0.05, 0) is 38.0 Å². The molecule has 1 heterocycles. The van der Waals surface area contributed by atoms with Gasteiger partial charge in [0.15, 0.2) is 0 Å². The summed E-state index contributed by atoms with van der Waals surface area (Å²) in [5.74, 6) is -0.0733. The number of carbonyl (C=O) groups is 1. The molecule has 0 aliphatic carbocycles. The van der Waals surface area contributed by atoms with Gasteiger partial charge in [-0.3, -0.25) is 4.79 Å². The minimum atomic E-state index is -0.630. The van der Waals surface area contributed by atoms with Gasteiger partial charge in [0, 0.05) is 12.8 Å². The topological polar surface area (TPSA) is 77.6 Å². The molecule has 0 bridgehead atoms. The van der Waals surface area contributed by atoms with Gasteiger partial charge >= 0.3 is 5.97 Å². The molecule has 0 aliphatic rings. The first-order chi connectivity index (χ1) is 11.1. The summed E-state index contributed by atoms with van der Waals surface area (Å²) < 4.78 is 15.6. The van der Waals surface area contributed by atoms with Crippen molar-refractivity contribution in [2.45, 2.75) is 20.3 Å². The summed E-state index contributed by atoms with van der Waals surface area (Å²) in [5.41, 5.74) is 1.09. The Morgan fingerprint density at radius 2 is 2.00 bits per heavy atom. The van der Waals surface area contributed by atoms with Gasteiger partial charge in [-0.2, -0.15) is 0 Å². The summed E-state index contributed by atoms with van der Waals surface area (Å²) in [7, 11) is 1.54. The monoisotopic (exact) mass is 319 g/mol. The number of H-pyrrole nitrogens is 1. The van der Waals surface area contributed by atoms with Crippen LogP contribution in [0.5, 0.6) is 5.75 Å². The third-order valence-electron chi connectivity index (χ3n) is 3.47. The maximum absolute atomic E-state index is 12.6. The lowest BCUT2D eigenvalue weighted by Gasteiger charge is -2.10. The summed E-state index contributed by atoms with van der Waals surface area (Å²) in [5, 5.41) is 0.404. The molecule has 0 aliphatic heterocycles. The quantitative estimate of drug-likeness (QED) is 0.626. The van der Waals surface area contributed by atoms with Gasteiger partial charge in [-0.1, -0.05) is 0 Å². The largest absolute Gasteiger partial charge is 0.495 e. The second-order valence-corrected chi connectivity index (χ2v) is 4.92. The number of hydrogen-bond acceptors (Lipinski definition) is 5. The molecular formula is C17H21NO5. The van der Waals surface area contributed by atoms with Gasteiger partial charge in [-0.15, -0.1) is 0 Å². The molecule has 6 nitrogen and oxygen atoms in total. The summed E-state index contributed by atoms with van der Waals surface area (Å²) in [6, 6.07) is 3.62. The highest BCUT2D eigenvalue weighted by atomic mass is 16.5. The normalized spacial score (nSPS) is 10.7. The Hall–Kier alpha value is -2.34. The second-order valence-electron chi connectivity index (χ2n) is 4.92. The van der Waals surface area contributed by atoms with Gasteiger partial charge in [0.2, 0.25) is 5.43 Å². The van der Waals surface area contributed by atoms with Crippen LogP contribution < -0.4 is 10.2 Å². The van der Waals surface area contributed by atoms with Crippen LogP contribution in [0, 0.1) is 0 Å². The van der Waals surface area contributed by atoms with Crippen molar-refractivity contribution in [2.75, 3.05) is 26.9 Å². The number of benzene rings is 1. The number of carbonyl (C=O) groups excluding carboxylic acids is 1. The molecule has 2 aromatic rings. The molecule has 0 atom stereocenters. The number of nitrogens with one attached hydrogen (secondary N) is 1. The van der Waals surface area contributed by atoms with Crippen LogP contribution in [0.15, 0.2) is 23.1 Å². The van der Waals surface area contributed by atoms with E-state index in [-0.39, 0.29) is 17.6 Å². The Labute approximate surface area is 134 Å². The van der Waals surface area contributed by atoms with Crippen LogP contribution in [0.1, 0.15) is 29.8 Å². The number of pyridine rings is 1. The molecule has 0 spiro atoms. The van der Waals surface area contributed by atoms with Crippen molar-refractivity contribution in [1.29, 1.82) is 0 Å². The number of hydrogen-bond donors (Lipinski definition) is 1. The molecule has 0 amide bonds. The van der Waals surface area contributed by atoms with Crippen molar-refractivity contribution in [2.24, 2.45) is 0 Å². The van der Waals surface area contributed by atoms with Crippen LogP contribution in [-0.2, 0) is 15.9 Å². The van der Waals surface area contributed by atoms with Crippen LogP contribution in [0.3, 0.4) is 0 Å². The minimum Gasteiger partial charge on any atom is -0.495 e. The number of aromatic nitrogens is 1. The molecule has 23 heavy (non-hydrogen) atoms. The number of rotatable bonds is 7. The fourth-order valence-corrected chi connectivity index (χ4v) is 2.36. The summed E-state index contributed by atoms with van der Waals surface area (Å²) in [6.07, 6.45) is 2.02. The van der Waals surface area contributed by atoms with Crippen molar-refractivity contribution >= 4 is 16.9 Å². The smallest absolute Gasteiger partial charge is 0.343 e. The lowest BCUT2D eigenvalue weighted by molar-refractivity contribution is 0.0524. The lowest BCUT2D eigenvalue weighted by atomic mass is 10.1. The fraction of sp³-hybridized carbons (Fsp3) is 0.412. The number of aromatic amines is 1. The highest BCUT2D eigenvalue weighted by Crippen LogP contribution is 2.24. The molecule has 1 aromatic heterocycles. The summed E-state index contributed by atoms with van der Waals surface area (Å²) >= 11 is 0. The van der Waals surface area contributed by atoms with E-state index in [1.165, 1.54) is 6.20 Å². The van der Waals surface area contributed by atoms with E-state index >= 15 is 0 Å². The fourth-order valence-electron chi connectivity index (χ4n) is 2.36. The van der Waals surface area contributed by atoms with E-state index in [9.17, 15) is 9.59 Å². The highest BCUT2D eigenvalue weighted by Gasteiger charge is 2.16. The highest BCUT2D eigenvalue weighted by molar-refractivity contribution is 5.95. The van der Waals surface area contributed by atoms with E-state index in [1.54, 1.807) is 20.1 Å². The molecule has 1 N–H and O–H groups in total. The predicted octanol–water partition coefficient (Wildman–Crippen LogP) is 2.29. The summed E-state index contributed by atoms with van der Waals surface area (Å²) in [4.78, 5) is 27.4. The molecule has 0 saturated carbocycles. The van der Waals surface area contributed by atoms with E-state index in [2.05, 4.69) is 4.98 Å². The van der Waals surface area contributed by atoms with Crippen LogP contribution in [-0.4, -0.2) is 37.9 Å². The van der Waals surface area contributed by atoms with E-state index in [0.29, 0.717) is 36.3 Å². The zero-order valence-corrected chi connectivity index (χ0v) is 13.6. The van der Waals surface area contributed by atoms with Gasteiger partial charge in [0.25, 0.3) is 0 Å². The van der Waals surface area contributed by atoms with Crippen LogP contribution >= 0.6 is 0 Å². The number of fused-ring (bicyclic) bond motifs is 1. The Morgan fingerprint density at radius 1 is 1.22 bits per heavy atom. The van der Waals surface area contributed by atoms with Crippen molar-refractivity contribution < 1.29 is 19.0 Å². The molecule has 0 radical (unpaired) electrons. The van der Waals surface area contributed by atoms with Gasteiger partial charge in [-0.25, -0.2) is 4.79 Å². The molecule has 124 valence electrons. The van der Waals surface area contributed by atoms with Crippen LogP contribution in [0.4, 0.5) is 0 Å². The maximum Gasteiger partial charge on any atom is 0.343 e. The molecule has 0 fully saturated rings. The predicted molar refractivity (Wildman–Crippen MR) is 87.3 cm³/mol. The Bertz CT molecular complexity index is 750. The van der Waals surface area contributed by atoms with Gasteiger partial charge < -0.3 is 19.2 Å². The minimum absolute atomic E-state index is 0.0108. The number of esters is 1. The average Bonchev–Trinajstić information content (AvgIpc) is 2.55. The third-order valence-corrected chi connectivity index (χ3v) is 3.47. The zero-order valence-electron chi connectivity index (χ0n) is 13.6. The second kappa shape index (κ2) is 7.78. The molecule has 6 heteroatoms. The van der Waals surface area contributed by atoms with E-state index < -0.39 is 5.97 Å². The van der Waals surface area contributed by atoms with E-state index in [4.69, 9.17) is 14.2 Å². The van der Waals surface area contributed by atoms with Crippen molar-refractivity contribution in [3.8, 4) is 5.75 Å². The molecule has 1 aromatic carbocycles. The molecule has 0 saturated heterocycles. The SMILES string of the molecule is CCOCCc1cc(OC)c2[nH]cc(C(=O)OCC)c(=O)c2c1. The Balaban J connectivity index is 2.52. The Morgan fingerprint density at radius 3 is 2.65 bits per heavy atom. The molecular weight excluding hydrogens is 298 g/mol. The van der Waals surface area contributed by atoms with Crippen molar-refractivity contribution in [3.63, 3.8) is 0 Å². The van der Waals surface area contributed by atoms with Crippen LogP contribution in [0.25, 0.3) is 10.9 Å². The maximum atomic E-state index is 12.6. The van der Waals surface area contributed by atoms with E-state index in [1.807, 2.05) is 13.0 Å². The van der Waals surface area contributed by atoms with Gasteiger partial charge in [0.1, 0.15) is 11.3 Å². The average molecular weight is 319 g/mol. The first-order valence-corrected chi connectivity index (χ1v) is 7.59. The molecule has 0 unspecified atom stereocenters. The Kier molecular flexibility index (Phi) is 5.76. The molecule has 2 rings (SSSR count). The van der Waals surface area contributed by atoms with Gasteiger partial charge in [0.05, 0.1) is 31.2 Å². The van der Waals surface area contributed by atoms with Crippen molar-refractivity contribution in [3.05, 3.63) is 39.7 Å². The number of methoxy groups -OCH3 is 1. The number of ether oxygens (including phenoxy) is 3. The zero-order chi connectivity index (χ0) is 16.8. The first kappa shape index (κ1) is 17.0. The third kappa shape index (κ3) is 3.71. The van der Waals surface area contributed by atoms with Crippen molar-refractivity contribution in [1.82, 2.24) is 4.98 Å².